The van der Waals surface area contributed by atoms with Gasteiger partial charge in [-0.05, 0) is 62.7 Å². The third-order valence-corrected chi connectivity index (χ3v) is 6.56. The number of hydrogen-bond donors (Lipinski definition) is 3. The quantitative estimate of drug-likeness (QED) is 0.299. The van der Waals surface area contributed by atoms with E-state index >= 15 is 0 Å². The first-order valence-corrected chi connectivity index (χ1v) is 13.1. The van der Waals surface area contributed by atoms with Crippen molar-refractivity contribution in [3.05, 3.63) is 53.7 Å². The zero-order valence-corrected chi connectivity index (χ0v) is 22.4. The van der Waals surface area contributed by atoms with Gasteiger partial charge in [0.05, 0.1) is 13.2 Å². The predicted molar refractivity (Wildman–Crippen MR) is 140 cm³/mol. The van der Waals surface area contributed by atoms with Crippen molar-refractivity contribution in [3.63, 3.8) is 0 Å². The number of halogens is 1. The minimum absolute atomic E-state index is 0.0429. The standard InChI is InChI=1S/C28H37FN4O5/c1-17(2)12-22(27(35)32-24(30)10-11-31-14-20-16-36-28(3,4)38-20)33-15-19(13-25(33)34)37-23-7-5-6-21(26(23)29)18-8-9-18/h5-7,10-11,13,17-18,20,22,31H,8-9,12,14-16H2,1-4H3,(H2,30,32,35)/b11-10-/t20-,22+/m1/s1. The van der Waals surface area contributed by atoms with Gasteiger partial charge in [-0.3, -0.25) is 15.0 Å². The maximum Gasteiger partial charge on any atom is 0.251 e. The lowest BCUT2D eigenvalue weighted by Gasteiger charge is -2.28. The number of hydrogen-bond acceptors (Lipinski definition) is 7. The summed E-state index contributed by atoms with van der Waals surface area (Å²) in [6.45, 7) is 8.62. The fraction of sp³-hybridized carbons (Fsp3) is 0.536. The van der Waals surface area contributed by atoms with Crippen LogP contribution >= 0.6 is 0 Å². The van der Waals surface area contributed by atoms with Crippen LogP contribution in [0.5, 0.6) is 5.75 Å². The van der Waals surface area contributed by atoms with E-state index in [1.807, 2.05) is 27.7 Å². The maximum absolute atomic E-state index is 14.9. The van der Waals surface area contributed by atoms with E-state index in [0.717, 1.165) is 12.8 Å². The molecule has 1 saturated heterocycles. The van der Waals surface area contributed by atoms with Gasteiger partial charge in [-0.15, -0.1) is 0 Å². The molecule has 3 aliphatic rings. The first-order valence-electron chi connectivity index (χ1n) is 13.1. The molecule has 0 unspecified atom stereocenters. The number of nitrogens with one attached hydrogen (secondary N) is 3. The van der Waals surface area contributed by atoms with Gasteiger partial charge in [-0.1, -0.05) is 26.0 Å². The number of amidine groups is 1. The molecule has 1 aromatic rings. The minimum Gasteiger partial charge on any atom is -0.457 e. The molecule has 2 heterocycles. The number of carbonyl (C=O) groups is 2. The molecule has 0 radical (unpaired) electrons. The second-order valence-corrected chi connectivity index (χ2v) is 10.9. The molecule has 0 bridgehead atoms. The average Bonchev–Trinajstić information content (AvgIpc) is 3.53. The van der Waals surface area contributed by atoms with Crippen molar-refractivity contribution in [3.8, 4) is 5.75 Å². The molecule has 1 saturated carbocycles. The van der Waals surface area contributed by atoms with E-state index in [1.165, 1.54) is 17.1 Å². The van der Waals surface area contributed by atoms with Crippen LogP contribution in [0.25, 0.3) is 0 Å². The summed E-state index contributed by atoms with van der Waals surface area (Å²) in [6.07, 6.45) is 6.51. The van der Waals surface area contributed by atoms with Crippen molar-refractivity contribution in [2.75, 3.05) is 19.7 Å². The summed E-state index contributed by atoms with van der Waals surface area (Å²) in [7, 11) is 0. The summed E-state index contributed by atoms with van der Waals surface area (Å²) in [5.74, 6) is -1.27. The molecular weight excluding hydrogens is 491 g/mol. The van der Waals surface area contributed by atoms with E-state index in [2.05, 4.69) is 10.6 Å². The van der Waals surface area contributed by atoms with Crippen LogP contribution in [0.3, 0.4) is 0 Å². The van der Waals surface area contributed by atoms with Gasteiger partial charge >= 0.3 is 0 Å². The van der Waals surface area contributed by atoms with Crippen LogP contribution in [0.1, 0.15) is 58.4 Å². The lowest BCUT2D eigenvalue weighted by Crippen LogP contribution is -2.49. The Kier molecular flexibility index (Phi) is 8.52. The molecule has 2 amide bonds. The monoisotopic (exact) mass is 528 g/mol. The number of nitrogens with zero attached hydrogens (tertiary/aromatic N) is 1. The number of rotatable bonds is 11. The smallest absolute Gasteiger partial charge is 0.251 e. The van der Waals surface area contributed by atoms with Crippen LogP contribution in [0, 0.1) is 17.1 Å². The van der Waals surface area contributed by atoms with Gasteiger partial charge in [0.1, 0.15) is 23.7 Å². The highest BCUT2D eigenvalue weighted by Crippen LogP contribution is 2.43. The Hall–Kier alpha value is -3.24. The molecule has 4 rings (SSSR count). The van der Waals surface area contributed by atoms with Gasteiger partial charge < -0.3 is 29.7 Å². The van der Waals surface area contributed by atoms with Gasteiger partial charge in [-0.2, -0.15) is 0 Å². The summed E-state index contributed by atoms with van der Waals surface area (Å²) >= 11 is 0. The minimum atomic E-state index is -0.810. The van der Waals surface area contributed by atoms with E-state index in [1.54, 1.807) is 24.4 Å². The lowest BCUT2D eigenvalue weighted by molar-refractivity contribution is -0.137. The van der Waals surface area contributed by atoms with Crippen molar-refractivity contribution in [2.24, 2.45) is 5.92 Å². The molecule has 10 heteroatoms. The second kappa shape index (κ2) is 11.7. The Bertz CT molecular complexity index is 1130. The topological polar surface area (TPSA) is 113 Å². The van der Waals surface area contributed by atoms with Crippen LogP contribution in [0.4, 0.5) is 4.39 Å². The van der Waals surface area contributed by atoms with E-state index in [9.17, 15) is 14.0 Å². The van der Waals surface area contributed by atoms with Crippen molar-refractivity contribution in [1.82, 2.24) is 15.5 Å². The van der Waals surface area contributed by atoms with E-state index in [-0.39, 0.29) is 47.7 Å². The van der Waals surface area contributed by atoms with Crippen molar-refractivity contribution in [2.45, 2.75) is 70.8 Å². The highest BCUT2D eigenvalue weighted by atomic mass is 19.1. The Morgan fingerprint density at radius 1 is 1.34 bits per heavy atom. The summed E-state index contributed by atoms with van der Waals surface area (Å²) in [5, 5.41) is 13.8. The SMILES string of the molecule is CC(C)C[C@@H](C(=O)NC(=N)/C=C\NC[C@@H]1COC(C)(C)O1)N1CC(Oc2cccc(C3CC3)c2F)=CC1=O. The molecule has 2 aliphatic heterocycles. The highest BCUT2D eigenvalue weighted by Gasteiger charge is 2.36. The van der Waals surface area contributed by atoms with E-state index in [0.29, 0.717) is 25.1 Å². The largest absolute Gasteiger partial charge is 0.457 e. The summed E-state index contributed by atoms with van der Waals surface area (Å²) in [4.78, 5) is 27.4. The first kappa shape index (κ1) is 27.8. The van der Waals surface area contributed by atoms with Gasteiger partial charge in [0, 0.05) is 18.8 Å². The lowest BCUT2D eigenvalue weighted by atomic mass is 10.0. The van der Waals surface area contributed by atoms with Gasteiger partial charge in [0.25, 0.3) is 5.91 Å². The molecule has 206 valence electrons. The van der Waals surface area contributed by atoms with Crippen LogP contribution in [0.15, 0.2) is 42.3 Å². The van der Waals surface area contributed by atoms with Crippen LogP contribution < -0.4 is 15.4 Å². The Labute approximate surface area is 222 Å². The number of carbonyl (C=O) groups excluding carboxylic acids is 2. The molecule has 0 aromatic heterocycles. The molecule has 2 atom stereocenters. The Balaban J connectivity index is 1.32. The molecular formula is C28H37FN4O5. The Morgan fingerprint density at radius 2 is 2.11 bits per heavy atom. The predicted octanol–water partition coefficient (Wildman–Crippen LogP) is 3.57. The normalized spacial score (nSPS) is 21.6. The van der Waals surface area contributed by atoms with E-state index < -0.39 is 23.6 Å². The van der Waals surface area contributed by atoms with Crippen molar-refractivity contribution in [1.29, 1.82) is 5.41 Å². The molecule has 1 aliphatic carbocycles. The van der Waals surface area contributed by atoms with Crippen LogP contribution in [0.2, 0.25) is 0 Å². The molecule has 9 nitrogen and oxygen atoms in total. The average molecular weight is 529 g/mol. The third-order valence-electron chi connectivity index (χ3n) is 6.56. The molecule has 0 spiro atoms. The summed E-state index contributed by atoms with van der Waals surface area (Å²) in [5.41, 5.74) is 0.635. The third kappa shape index (κ3) is 7.20. The summed E-state index contributed by atoms with van der Waals surface area (Å²) in [6, 6.07) is 4.25. The van der Waals surface area contributed by atoms with E-state index in [4.69, 9.17) is 19.6 Å². The Morgan fingerprint density at radius 3 is 2.76 bits per heavy atom. The molecule has 3 N–H and O–H groups in total. The zero-order chi connectivity index (χ0) is 27.4. The molecule has 38 heavy (non-hydrogen) atoms. The van der Waals surface area contributed by atoms with Crippen LogP contribution in [-0.2, 0) is 19.1 Å². The molecule has 1 aromatic carbocycles. The second-order valence-electron chi connectivity index (χ2n) is 10.9. The summed E-state index contributed by atoms with van der Waals surface area (Å²) < 4.78 is 31.9. The van der Waals surface area contributed by atoms with Gasteiger partial charge in [-0.25, -0.2) is 4.39 Å². The first-order chi connectivity index (χ1) is 18.0. The van der Waals surface area contributed by atoms with Crippen molar-refractivity contribution >= 4 is 17.6 Å². The van der Waals surface area contributed by atoms with Gasteiger partial charge in [0.2, 0.25) is 5.91 Å². The number of amides is 2. The zero-order valence-electron chi connectivity index (χ0n) is 22.4. The fourth-order valence-electron chi connectivity index (χ4n) is 4.58. The number of ether oxygens (including phenoxy) is 3. The van der Waals surface area contributed by atoms with Gasteiger partial charge in [0.15, 0.2) is 17.4 Å². The van der Waals surface area contributed by atoms with Crippen LogP contribution in [-0.4, -0.2) is 60.2 Å². The van der Waals surface area contributed by atoms with Crippen molar-refractivity contribution < 1.29 is 28.2 Å². The number of benzene rings is 1. The fourth-order valence-corrected chi connectivity index (χ4v) is 4.58. The maximum atomic E-state index is 14.9. The molecule has 2 fully saturated rings. The highest BCUT2D eigenvalue weighted by molar-refractivity contribution is 6.05.